The summed E-state index contributed by atoms with van der Waals surface area (Å²) in [5.74, 6) is -0.842. The van der Waals surface area contributed by atoms with Crippen LogP contribution in [0.25, 0.3) is 0 Å². The van der Waals surface area contributed by atoms with Gasteiger partial charge in [0.25, 0.3) is 5.91 Å². The number of nitriles is 2. The first-order valence-corrected chi connectivity index (χ1v) is 6.44. The summed E-state index contributed by atoms with van der Waals surface area (Å²) in [5, 5.41) is 23.5. The first-order valence-electron chi connectivity index (χ1n) is 6.44. The number of anilines is 2. The standard InChI is InChI=1S/C16H10FN5O/c17-11-5-7-12(8-6-11)20-16(23)14-3-1-2-4-15(14)22-21-13(9-18)10-19/h1-8,22H,(H,20,23). The third-order valence-electron chi connectivity index (χ3n) is 2.77. The van der Waals surface area contributed by atoms with E-state index in [1.54, 1.807) is 36.4 Å². The molecule has 112 valence electrons. The molecule has 2 N–H and O–H groups in total. The first-order chi connectivity index (χ1) is 11.1. The summed E-state index contributed by atoms with van der Waals surface area (Å²) < 4.78 is 12.9. The number of carbonyl (C=O) groups excluding carboxylic acids is 1. The van der Waals surface area contributed by atoms with Crippen LogP contribution in [-0.4, -0.2) is 11.6 Å². The van der Waals surface area contributed by atoms with Crippen LogP contribution in [0.4, 0.5) is 15.8 Å². The molecule has 2 aromatic rings. The van der Waals surface area contributed by atoms with Crippen molar-refractivity contribution in [2.24, 2.45) is 5.10 Å². The van der Waals surface area contributed by atoms with Gasteiger partial charge in [-0.25, -0.2) is 4.39 Å². The lowest BCUT2D eigenvalue weighted by Crippen LogP contribution is -2.14. The van der Waals surface area contributed by atoms with Crippen molar-refractivity contribution < 1.29 is 9.18 Å². The third-order valence-corrected chi connectivity index (χ3v) is 2.77. The second-order valence-corrected chi connectivity index (χ2v) is 4.30. The average Bonchev–Trinajstić information content (AvgIpc) is 2.58. The van der Waals surface area contributed by atoms with Gasteiger partial charge in [-0.3, -0.25) is 10.2 Å². The molecule has 23 heavy (non-hydrogen) atoms. The molecule has 1 amide bonds. The second kappa shape index (κ2) is 7.34. The Kier molecular flexibility index (Phi) is 5.00. The normalized spacial score (nSPS) is 9.17. The highest BCUT2D eigenvalue weighted by Crippen LogP contribution is 2.17. The van der Waals surface area contributed by atoms with E-state index < -0.39 is 11.7 Å². The minimum Gasteiger partial charge on any atom is -0.322 e. The van der Waals surface area contributed by atoms with Crippen LogP contribution in [-0.2, 0) is 0 Å². The van der Waals surface area contributed by atoms with Gasteiger partial charge < -0.3 is 5.32 Å². The topological polar surface area (TPSA) is 101 Å². The number of rotatable bonds is 4. The fourth-order valence-electron chi connectivity index (χ4n) is 1.70. The van der Waals surface area contributed by atoms with E-state index in [0.717, 1.165) is 0 Å². The average molecular weight is 307 g/mol. The molecule has 6 nitrogen and oxygen atoms in total. The maximum atomic E-state index is 12.9. The van der Waals surface area contributed by atoms with E-state index >= 15 is 0 Å². The first kappa shape index (κ1) is 15.7. The lowest BCUT2D eigenvalue weighted by Gasteiger charge is -2.09. The lowest BCUT2D eigenvalue weighted by atomic mass is 10.1. The van der Waals surface area contributed by atoms with Gasteiger partial charge in [0.05, 0.1) is 11.3 Å². The predicted molar refractivity (Wildman–Crippen MR) is 83.1 cm³/mol. The summed E-state index contributed by atoms with van der Waals surface area (Å²) in [6, 6.07) is 15.0. The van der Waals surface area contributed by atoms with Gasteiger partial charge in [0, 0.05) is 5.69 Å². The van der Waals surface area contributed by atoms with Crippen LogP contribution in [0, 0.1) is 28.5 Å². The zero-order chi connectivity index (χ0) is 16.7. The van der Waals surface area contributed by atoms with Crippen LogP contribution in [0.2, 0.25) is 0 Å². The Morgan fingerprint density at radius 2 is 1.70 bits per heavy atom. The van der Waals surface area contributed by atoms with Crippen LogP contribution >= 0.6 is 0 Å². The molecule has 2 aromatic carbocycles. The number of hydrogen-bond donors (Lipinski definition) is 2. The number of carbonyl (C=O) groups is 1. The van der Waals surface area contributed by atoms with Crippen molar-refractivity contribution in [3.8, 4) is 12.1 Å². The van der Waals surface area contributed by atoms with E-state index in [9.17, 15) is 9.18 Å². The molecule has 7 heteroatoms. The van der Waals surface area contributed by atoms with Crippen LogP contribution < -0.4 is 10.7 Å². The van der Waals surface area contributed by atoms with Crippen molar-refractivity contribution in [2.45, 2.75) is 0 Å². The third kappa shape index (κ3) is 4.13. The summed E-state index contributed by atoms with van der Waals surface area (Å²) in [6.45, 7) is 0. The van der Waals surface area contributed by atoms with Crippen molar-refractivity contribution >= 4 is 23.0 Å². The maximum Gasteiger partial charge on any atom is 0.257 e. The van der Waals surface area contributed by atoms with Crippen LogP contribution in [0.5, 0.6) is 0 Å². The van der Waals surface area contributed by atoms with Crippen LogP contribution in [0.15, 0.2) is 53.6 Å². The molecule has 0 unspecified atom stereocenters. The van der Waals surface area contributed by atoms with Crippen molar-refractivity contribution in [1.82, 2.24) is 0 Å². The van der Waals surface area contributed by atoms with Gasteiger partial charge >= 0.3 is 0 Å². The number of hydrazone groups is 1. The Balaban J connectivity index is 2.21. The second-order valence-electron chi connectivity index (χ2n) is 4.30. The van der Waals surface area contributed by atoms with E-state index in [2.05, 4.69) is 15.8 Å². The van der Waals surface area contributed by atoms with Crippen molar-refractivity contribution in [3.63, 3.8) is 0 Å². The van der Waals surface area contributed by atoms with Crippen molar-refractivity contribution in [2.75, 3.05) is 10.7 Å². The number of benzene rings is 2. The van der Waals surface area contributed by atoms with Gasteiger partial charge in [-0.2, -0.15) is 15.6 Å². The summed E-state index contributed by atoms with van der Waals surface area (Å²) in [5.41, 5.74) is 3.17. The number of para-hydroxylation sites is 1. The van der Waals surface area contributed by atoms with Gasteiger partial charge in [-0.1, -0.05) is 12.1 Å². The van der Waals surface area contributed by atoms with E-state index in [0.29, 0.717) is 11.4 Å². The maximum absolute atomic E-state index is 12.9. The molecular weight excluding hydrogens is 297 g/mol. The number of nitrogens with zero attached hydrogens (tertiary/aromatic N) is 3. The smallest absolute Gasteiger partial charge is 0.257 e. The van der Waals surface area contributed by atoms with Gasteiger partial charge in [-0.05, 0) is 36.4 Å². The highest BCUT2D eigenvalue weighted by Gasteiger charge is 2.11. The van der Waals surface area contributed by atoms with Gasteiger partial charge in [0.1, 0.15) is 18.0 Å². The Bertz CT molecular complexity index is 815. The molecule has 0 aromatic heterocycles. The quantitative estimate of drug-likeness (QED) is 0.669. The highest BCUT2D eigenvalue weighted by atomic mass is 19.1. The van der Waals surface area contributed by atoms with Gasteiger partial charge in [0.2, 0.25) is 5.71 Å². The Morgan fingerprint density at radius 3 is 2.35 bits per heavy atom. The molecule has 0 aliphatic rings. The number of hydrogen-bond acceptors (Lipinski definition) is 5. The Labute approximate surface area is 131 Å². The van der Waals surface area contributed by atoms with Crippen molar-refractivity contribution in [1.29, 1.82) is 10.5 Å². The largest absolute Gasteiger partial charge is 0.322 e. The number of amides is 1. The van der Waals surface area contributed by atoms with Crippen molar-refractivity contribution in [3.05, 3.63) is 59.9 Å². The monoisotopic (exact) mass is 307 g/mol. The van der Waals surface area contributed by atoms with E-state index in [-0.39, 0.29) is 11.3 Å². The molecule has 2 rings (SSSR count). The SMILES string of the molecule is N#CC(C#N)=NNc1ccccc1C(=O)Nc1ccc(F)cc1. The predicted octanol–water partition coefficient (Wildman–Crippen LogP) is 2.89. The minimum absolute atomic E-state index is 0.260. The zero-order valence-corrected chi connectivity index (χ0v) is 11.7. The van der Waals surface area contributed by atoms with Crippen LogP contribution in [0.3, 0.4) is 0 Å². The number of halogens is 1. The zero-order valence-electron chi connectivity index (χ0n) is 11.7. The summed E-state index contributed by atoms with van der Waals surface area (Å²) >= 11 is 0. The summed E-state index contributed by atoms with van der Waals surface area (Å²) in [6.07, 6.45) is 0. The van der Waals surface area contributed by atoms with E-state index in [1.807, 2.05) is 0 Å². The molecule has 0 atom stereocenters. The Hall–Kier alpha value is -3.71. The van der Waals surface area contributed by atoms with E-state index in [1.165, 1.54) is 24.3 Å². The highest BCUT2D eigenvalue weighted by molar-refractivity contribution is 6.11. The molecule has 0 radical (unpaired) electrons. The molecule has 0 bridgehead atoms. The molecule has 0 saturated carbocycles. The summed E-state index contributed by atoms with van der Waals surface area (Å²) in [4.78, 5) is 12.3. The molecule has 0 fully saturated rings. The molecule has 0 aliphatic heterocycles. The molecule has 0 spiro atoms. The fourth-order valence-corrected chi connectivity index (χ4v) is 1.70. The van der Waals surface area contributed by atoms with Gasteiger partial charge in [-0.15, -0.1) is 0 Å². The molecule has 0 saturated heterocycles. The van der Waals surface area contributed by atoms with E-state index in [4.69, 9.17) is 10.5 Å². The Morgan fingerprint density at radius 1 is 1.04 bits per heavy atom. The lowest BCUT2D eigenvalue weighted by molar-refractivity contribution is 0.102. The molecule has 0 heterocycles. The molecular formula is C16H10FN5O. The molecule has 0 aliphatic carbocycles. The summed E-state index contributed by atoms with van der Waals surface area (Å²) in [7, 11) is 0. The van der Waals surface area contributed by atoms with Gasteiger partial charge in [0.15, 0.2) is 0 Å². The van der Waals surface area contributed by atoms with Crippen LogP contribution in [0.1, 0.15) is 10.4 Å². The number of nitrogens with one attached hydrogen (secondary N) is 2. The minimum atomic E-state index is -0.439. The fraction of sp³-hybridized carbons (Fsp3) is 0.